The first-order valence-electron chi connectivity index (χ1n) is 4.66. The summed E-state index contributed by atoms with van der Waals surface area (Å²) >= 11 is 0. The average Bonchev–Trinajstić information content (AvgIpc) is 2.04. The van der Waals surface area contributed by atoms with E-state index >= 15 is 0 Å². The number of rotatable bonds is 3. The van der Waals surface area contributed by atoms with Crippen LogP contribution in [0.1, 0.15) is 26.7 Å². The number of hydrogen-bond acceptors (Lipinski definition) is 3. The molecule has 5 heteroatoms. The van der Waals surface area contributed by atoms with E-state index in [1.807, 2.05) is 13.8 Å². The van der Waals surface area contributed by atoms with E-state index in [0.29, 0.717) is 13.2 Å². The molecule has 0 bridgehead atoms. The molecule has 4 nitrogen and oxygen atoms in total. The number of hydroxylamine groups is 1. The van der Waals surface area contributed by atoms with Crippen LogP contribution in [0.25, 0.3) is 0 Å². The normalized spacial score (nSPS) is 20.8. The molecule has 0 aromatic carbocycles. The van der Waals surface area contributed by atoms with Crippen LogP contribution in [0.3, 0.4) is 0 Å². The SMILES string of the molecule is CC(C)CS(=O)(=O)N1CCCCO1. The summed E-state index contributed by atoms with van der Waals surface area (Å²) in [6, 6.07) is 0. The van der Waals surface area contributed by atoms with E-state index in [1.165, 1.54) is 0 Å². The summed E-state index contributed by atoms with van der Waals surface area (Å²) in [5, 5.41) is 0. The fourth-order valence-electron chi connectivity index (χ4n) is 1.30. The van der Waals surface area contributed by atoms with Gasteiger partial charge in [-0.25, -0.2) is 8.42 Å². The maximum Gasteiger partial charge on any atom is 0.236 e. The van der Waals surface area contributed by atoms with E-state index in [1.54, 1.807) is 0 Å². The van der Waals surface area contributed by atoms with Crippen molar-refractivity contribution in [2.24, 2.45) is 5.92 Å². The molecule has 1 aliphatic heterocycles. The van der Waals surface area contributed by atoms with Gasteiger partial charge in [0.2, 0.25) is 10.0 Å². The second kappa shape index (κ2) is 4.39. The fraction of sp³-hybridized carbons (Fsp3) is 1.00. The van der Waals surface area contributed by atoms with Gasteiger partial charge in [0.1, 0.15) is 0 Å². The molecule has 0 saturated carbocycles. The Morgan fingerprint density at radius 2 is 2.08 bits per heavy atom. The molecule has 1 heterocycles. The van der Waals surface area contributed by atoms with Crippen molar-refractivity contribution in [1.29, 1.82) is 0 Å². The highest BCUT2D eigenvalue weighted by Gasteiger charge is 2.25. The molecule has 13 heavy (non-hydrogen) atoms. The summed E-state index contributed by atoms with van der Waals surface area (Å²) in [5.41, 5.74) is 0. The summed E-state index contributed by atoms with van der Waals surface area (Å²) in [5.74, 6) is 0.322. The van der Waals surface area contributed by atoms with E-state index in [2.05, 4.69) is 0 Å². The van der Waals surface area contributed by atoms with Crippen LogP contribution in [0.4, 0.5) is 0 Å². The standard InChI is InChI=1S/C8H17NO3S/c1-8(2)7-13(10,11)9-5-3-4-6-12-9/h8H,3-7H2,1-2H3. The van der Waals surface area contributed by atoms with Crippen molar-refractivity contribution < 1.29 is 13.3 Å². The van der Waals surface area contributed by atoms with Crippen LogP contribution in [0.2, 0.25) is 0 Å². The monoisotopic (exact) mass is 207 g/mol. The third kappa shape index (κ3) is 3.25. The third-order valence-electron chi connectivity index (χ3n) is 1.82. The molecule has 0 atom stereocenters. The Morgan fingerprint density at radius 3 is 2.54 bits per heavy atom. The van der Waals surface area contributed by atoms with Crippen LogP contribution >= 0.6 is 0 Å². The summed E-state index contributed by atoms with van der Waals surface area (Å²) in [4.78, 5) is 5.09. The first kappa shape index (κ1) is 10.9. The molecule has 1 rings (SSSR count). The van der Waals surface area contributed by atoms with Crippen molar-refractivity contribution in [1.82, 2.24) is 4.47 Å². The third-order valence-corrected chi connectivity index (χ3v) is 3.82. The summed E-state index contributed by atoms with van der Waals surface area (Å²) < 4.78 is 24.3. The van der Waals surface area contributed by atoms with E-state index in [4.69, 9.17) is 4.84 Å². The van der Waals surface area contributed by atoms with E-state index < -0.39 is 10.0 Å². The molecule has 0 aliphatic carbocycles. The number of sulfonamides is 1. The van der Waals surface area contributed by atoms with Crippen molar-refractivity contribution >= 4 is 10.0 Å². The van der Waals surface area contributed by atoms with Gasteiger partial charge < -0.3 is 0 Å². The highest BCUT2D eigenvalue weighted by atomic mass is 32.2. The topological polar surface area (TPSA) is 46.6 Å². The van der Waals surface area contributed by atoms with Crippen molar-refractivity contribution in [2.45, 2.75) is 26.7 Å². The summed E-state index contributed by atoms with van der Waals surface area (Å²) in [6.07, 6.45) is 1.85. The molecule has 0 spiro atoms. The maximum atomic E-state index is 11.6. The van der Waals surface area contributed by atoms with Gasteiger partial charge in [-0.05, 0) is 18.8 Å². The molecule has 0 amide bonds. The Kier molecular flexibility index (Phi) is 3.70. The van der Waals surface area contributed by atoms with Crippen LogP contribution in [0.5, 0.6) is 0 Å². The van der Waals surface area contributed by atoms with Crippen LogP contribution < -0.4 is 0 Å². The van der Waals surface area contributed by atoms with Gasteiger partial charge in [0, 0.05) is 6.54 Å². The Morgan fingerprint density at radius 1 is 1.38 bits per heavy atom. The number of nitrogens with zero attached hydrogens (tertiary/aromatic N) is 1. The summed E-state index contributed by atoms with van der Waals surface area (Å²) in [6.45, 7) is 4.81. The van der Waals surface area contributed by atoms with Crippen molar-refractivity contribution in [3.63, 3.8) is 0 Å². The molecule has 0 aromatic rings. The van der Waals surface area contributed by atoms with Gasteiger partial charge >= 0.3 is 0 Å². The quantitative estimate of drug-likeness (QED) is 0.693. The van der Waals surface area contributed by atoms with E-state index in [-0.39, 0.29) is 11.7 Å². The lowest BCUT2D eigenvalue weighted by Gasteiger charge is -2.25. The Labute approximate surface area is 79.9 Å². The Bertz CT molecular complexity index is 242. The minimum Gasteiger partial charge on any atom is -0.284 e. The highest BCUT2D eigenvalue weighted by Crippen LogP contribution is 2.13. The predicted octanol–water partition coefficient (Wildman–Crippen LogP) is 1.000. The molecule has 0 radical (unpaired) electrons. The lowest BCUT2D eigenvalue weighted by Crippen LogP contribution is -2.38. The first-order chi connectivity index (χ1) is 6.02. The zero-order valence-electron chi connectivity index (χ0n) is 8.19. The van der Waals surface area contributed by atoms with Crippen LogP contribution in [0, 0.1) is 5.92 Å². The Hall–Kier alpha value is -0.130. The molecule has 1 fully saturated rings. The van der Waals surface area contributed by atoms with Gasteiger partial charge in [0.15, 0.2) is 0 Å². The lowest BCUT2D eigenvalue weighted by molar-refractivity contribution is -0.109. The van der Waals surface area contributed by atoms with Crippen LogP contribution in [-0.2, 0) is 14.9 Å². The largest absolute Gasteiger partial charge is 0.284 e. The molecular weight excluding hydrogens is 190 g/mol. The fourth-order valence-corrected chi connectivity index (χ4v) is 2.95. The Balaban J connectivity index is 2.57. The first-order valence-corrected chi connectivity index (χ1v) is 6.26. The lowest BCUT2D eigenvalue weighted by atomic mass is 10.3. The highest BCUT2D eigenvalue weighted by molar-refractivity contribution is 7.88. The van der Waals surface area contributed by atoms with Gasteiger partial charge in [-0.1, -0.05) is 18.3 Å². The van der Waals surface area contributed by atoms with Crippen molar-refractivity contribution in [2.75, 3.05) is 18.9 Å². The second-order valence-electron chi connectivity index (χ2n) is 3.74. The van der Waals surface area contributed by atoms with Crippen molar-refractivity contribution in [3.05, 3.63) is 0 Å². The molecular formula is C8H17NO3S. The number of hydrogen-bond donors (Lipinski definition) is 0. The van der Waals surface area contributed by atoms with E-state index in [0.717, 1.165) is 17.3 Å². The minimum atomic E-state index is -3.17. The predicted molar refractivity (Wildman–Crippen MR) is 50.5 cm³/mol. The van der Waals surface area contributed by atoms with Gasteiger partial charge in [-0.3, -0.25) is 4.84 Å². The van der Waals surface area contributed by atoms with Crippen LogP contribution in [-0.4, -0.2) is 31.8 Å². The van der Waals surface area contributed by atoms with Crippen LogP contribution in [0.15, 0.2) is 0 Å². The van der Waals surface area contributed by atoms with Gasteiger partial charge in [0.25, 0.3) is 0 Å². The average molecular weight is 207 g/mol. The maximum absolute atomic E-state index is 11.6. The zero-order valence-corrected chi connectivity index (χ0v) is 9.01. The minimum absolute atomic E-state index is 0.149. The molecule has 1 aliphatic rings. The molecule has 78 valence electrons. The van der Waals surface area contributed by atoms with Gasteiger partial charge in [-0.15, -0.1) is 0 Å². The molecule has 1 saturated heterocycles. The molecule has 0 unspecified atom stereocenters. The van der Waals surface area contributed by atoms with Gasteiger partial charge in [0.05, 0.1) is 12.4 Å². The van der Waals surface area contributed by atoms with Gasteiger partial charge in [-0.2, -0.15) is 0 Å². The second-order valence-corrected chi connectivity index (χ2v) is 5.64. The van der Waals surface area contributed by atoms with E-state index in [9.17, 15) is 8.42 Å². The van der Waals surface area contributed by atoms with Crippen molar-refractivity contribution in [3.8, 4) is 0 Å². The smallest absolute Gasteiger partial charge is 0.236 e. The summed E-state index contributed by atoms with van der Waals surface area (Å²) in [7, 11) is -3.17. The zero-order chi connectivity index (χ0) is 9.90. The molecule has 0 N–H and O–H groups in total. The molecule has 0 aromatic heterocycles.